The Morgan fingerprint density at radius 2 is 1.74 bits per heavy atom. The molecular formula is C24H19NO6. The Morgan fingerprint density at radius 1 is 1.00 bits per heavy atom. The van der Waals surface area contributed by atoms with Gasteiger partial charge < -0.3 is 18.9 Å². The molecule has 0 bridgehead atoms. The van der Waals surface area contributed by atoms with E-state index in [1.54, 1.807) is 42.5 Å². The highest BCUT2D eigenvalue weighted by Crippen LogP contribution is 2.22. The van der Waals surface area contributed by atoms with Crippen molar-refractivity contribution in [2.24, 2.45) is 0 Å². The van der Waals surface area contributed by atoms with Crippen molar-refractivity contribution in [2.75, 3.05) is 5.32 Å². The number of benzene rings is 2. The quantitative estimate of drug-likeness (QED) is 0.376. The molecular weight excluding hydrogens is 398 g/mol. The molecule has 0 saturated heterocycles. The number of nitrogens with one attached hydrogen (secondary N) is 1. The average Bonchev–Trinajstić information content (AvgIpc) is 3.29. The molecule has 7 nitrogen and oxygen atoms in total. The minimum atomic E-state index is -0.547. The predicted molar refractivity (Wildman–Crippen MR) is 114 cm³/mol. The van der Waals surface area contributed by atoms with Gasteiger partial charge in [-0.1, -0.05) is 0 Å². The lowest BCUT2D eigenvalue weighted by atomic mass is 10.0. The van der Waals surface area contributed by atoms with Crippen LogP contribution >= 0.6 is 0 Å². The molecule has 4 aromatic rings. The number of carbonyl (C=O) groups excluding carboxylic acids is 2. The number of esters is 1. The molecule has 0 spiro atoms. The van der Waals surface area contributed by atoms with Crippen LogP contribution in [0.4, 0.5) is 5.69 Å². The summed E-state index contributed by atoms with van der Waals surface area (Å²) in [6.07, 6.45) is 1.41. The molecule has 31 heavy (non-hydrogen) atoms. The van der Waals surface area contributed by atoms with E-state index < -0.39 is 11.6 Å². The zero-order valence-electron chi connectivity index (χ0n) is 16.9. The van der Waals surface area contributed by atoms with Gasteiger partial charge in [-0.25, -0.2) is 9.59 Å². The topological polar surface area (TPSA) is 98.7 Å². The van der Waals surface area contributed by atoms with Crippen molar-refractivity contribution in [3.05, 3.63) is 99.3 Å². The summed E-state index contributed by atoms with van der Waals surface area (Å²) in [4.78, 5) is 36.3. The third-order valence-electron chi connectivity index (χ3n) is 4.93. The van der Waals surface area contributed by atoms with Gasteiger partial charge in [-0.3, -0.25) is 4.79 Å². The van der Waals surface area contributed by atoms with Crippen molar-refractivity contribution in [1.29, 1.82) is 0 Å². The van der Waals surface area contributed by atoms with Crippen LogP contribution in [-0.4, -0.2) is 11.9 Å². The van der Waals surface area contributed by atoms with E-state index in [9.17, 15) is 14.4 Å². The zero-order valence-corrected chi connectivity index (χ0v) is 16.9. The summed E-state index contributed by atoms with van der Waals surface area (Å²) in [6, 6.07) is 14.5. The number of anilines is 1. The molecule has 2 heterocycles. The molecule has 1 amide bonds. The Morgan fingerprint density at radius 3 is 2.45 bits per heavy atom. The van der Waals surface area contributed by atoms with Gasteiger partial charge in [-0.2, -0.15) is 0 Å². The first-order chi connectivity index (χ1) is 14.9. The number of carbonyl (C=O) groups is 2. The molecule has 0 unspecified atom stereocenters. The highest BCUT2D eigenvalue weighted by atomic mass is 16.5. The Kier molecular flexibility index (Phi) is 5.41. The Labute approximate surface area is 177 Å². The molecule has 1 N–H and O–H groups in total. The summed E-state index contributed by atoms with van der Waals surface area (Å²) in [5, 5.41) is 3.40. The fourth-order valence-electron chi connectivity index (χ4n) is 3.12. The van der Waals surface area contributed by atoms with Crippen molar-refractivity contribution >= 4 is 28.5 Å². The van der Waals surface area contributed by atoms with E-state index in [2.05, 4.69) is 5.32 Å². The minimum Gasteiger partial charge on any atom is -0.459 e. The van der Waals surface area contributed by atoms with Gasteiger partial charge in [0, 0.05) is 22.7 Å². The molecule has 4 rings (SSSR count). The molecule has 0 atom stereocenters. The molecule has 0 aliphatic carbocycles. The van der Waals surface area contributed by atoms with Gasteiger partial charge in [0.15, 0.2) is 5.76 Å². The molecule has 0 aliphatic heterocycles. The van der Waals surface area contributed by atoms with Crippen molar-refractivity contribution in [1.82, 2.24) is 0 Å². The molecule has 2 aromatic carbocycles. The van der Waals surface area contributed by atoms with Gasteiger partial charge in [0.1, 0.15) is 12.2 Å². The third-order valence-corrected chi connectivity index (χ3v) is 4.93. The van der Waals surface area contributed by atoms with Gasteiger partial charge in [-0.05, 0) is 73.5 Å². The van der Waals surface area contributed by atoms with Crippen LogP contribution in [0.25, 0.3) is 11.0 Å². The van der Waals surface area contributed by atoms with Gasteiger partial charge >= 0.3 is 11.6 Å². The summed E-state index contributed by atoms with van der Waals surface area (Å²) in [7, 11) is 0. The van der Waals surface area contributed by atoms with E-state index in [-0.39, 0.29) is 18.3 Å². The Bertz CT molecular complexity index is 1320. The molecule has 7 heteroatoms. The monoisotopic (exact) mass is 417 g/mol. The third kappa shape index (κ3) is 4.40. The van der Waals surface area contributed by atoms with Gasteiger partial charge in [0.2, 0.25) is 0 Å². The SMILES string of the molecule is Cc1cc2oc(=O)cc(COC(=O)c3ccc(NC(=O)c4ccco4)cc3)c2cc1C. The second-order valence-electron chi connectivity index (χ2n) is 7.11. The van der Waals surface area contributed by atoms with Crippen LogP contribution in [-0.2, 0) is 11.3 Å². The van der Waals surface area contributed by atoms with Crippen LogP contribution in [0.5, 0.6) is 0 Å². The lowest BCUT2D eigenvalue weighted by Crippen LogP contribution is -2.11. The van der Waals surface area contributed by atoms with Gasteiger partial charge in [0.25, 0.3) is 5.91 Å². The van der Waals surface area contributed by atoms with E-state index in [0.29, 0.717) is 22.4 Å². The zero-order chi connectivity index (χ0) is 22.0. The van der Waals surface area contributed by atoms with E-state index in [1.165, 1.54) is 12.3 Å². The number of hydrogen-bond acceptors (Lipinski definition) is 6. The molecule has 156 valence electrons. The second-order valence-corrected chi connectivity index (χ2v) is 7.11. The van der Waals surface area contributed by atoms with E-state index in [0.717, 1.165) is 16.5 Å². The summed E-state index contributed by atoms with van der Waals surface area (Å²) in [5.41, 5.74) is 3.40. The van der Waals surface area contributed by atoms with E-state index in [1.807, 2.05) is 19.9 Å². The van der Waals surface area contributed by atoms with Crippen molar-refractivity contribution in [3.8, 4) is 0 Å². The maximum absolute atomic E-state index is 12.5. The maximum Gasteiger partial charge on any atom is 0.338 e. The van der Waals surface area contributed by atoms with Crippen LogP contribution < -0.4 is 10.9 Å². The lowest BCUT2D eigenvalue weighted by molar-refractivity contribution is 0.0474. The van der Waals surface area contributed by atoms with Crippen LogP contribution in [0.15, 0.2) is 74.5 Å². The normalized spacial score (nSPS) is 10.8. The number of rotatable bonds is 5. The summed E-state index contributed by atoms with van der Waals surface area (Å²) >= 11 is 0. The lowest BCUT2D eigenvalue weighted by Gasteiger charge is -2.10. The van der Waals surface area contributed by atoms with Crippen molar-refractivity contribution in [3.63, 3.8) is 0 Å². The number of amides is 1. The van der Waals surface area contributed by atoms with E-state index >= 15 is 0 Å². The number of fused-ring (bicyclic) bond motifs is 1. The van der Waals surface area contributed by atoms with E-state index in [4.69, 9.17) is 13.6 Å². The second kappa shape index (κ2) is 8.31. The minimum absolute atomic E-state index is 0.0690. The average molecular weight is 417 g/mol. The summed E-state index contributed by atoms with van der Waals surface area (Å²) < 4.78 is 15.7. The van der Waals surface area contributed by atoms with Crippen molar-refractivity contribution in [2.45, 2.75) is 20.5 Å². The smallest absolute Gasteiger partial charge is 0.338 e. The molecule has 2 aromatic heterocycles. The largest absolute Gasteiger partial charge is 0.459 e. The maximum atomic E-state index is 12.5. The van der Waals surface area contributed by atoms with Crippen LogP contribution in [0.1, 0.15) is 37.6 Å². The highest BCUT2D eigenvalue weighted by Gasteiger charge is 2.13. The fraction of sp³-hybridized carbons (Fsp3) is 0.125. The highest BCUT2D eigenvalue weighted by molar-refractivity contribution is 6.02. The summed E-state index contributed by atoms with van der Waals surface area (Å²) in [5.74, 6) is -0.747. The fourth-order valence-corrected chi connectivity index (χ4v) is 3.12. The van der Waals surface area contributed by atoms with Gasteiger partial charge in [-0.15, -0.1) is 0 Å². The summed E-state index contributed by atoms with van der Waals surface area (Å²) in [6.45, 7) is 3.82. The first-order valence-corrected chi connectivity index (χ1v) is 9.57. The predicted octanol–water partition coefficient (Wildman–Crippen LogP) is 4.61. The standard InChI is InChI=1S/C24H19NO6/c1-14-10-19-17(12-22(26)31-21(19)11-15(14)2)13-30-24(28)16-5-7-18(8-6-16)25-23(27)20-4-3-9-29-20/h3-12H,13H2,1-2H3,(H,25,27). The molecule has 0 radical (unpaired) electrons. The Hall–Kier alpha value is -4.13. The Balaban J connectivity index is 1.46. The first kappa shape index (κ1) is 20.2. The number of furan rings is 1. The van der Waals surface area contributed by atoms with Crippen LogP contribution in [0.2, 0.25) is 0 Å². The number of aryl methyl sites for hydroxylation is 2. The number of hydrogen-bond donors (Lipinski definition) is 1. The van der Waals surface area contributed by atoms with Crippen LogP contribution in [0.3, 0.4) is 0 Å². The molecule has 0 saturated carbocycles. The molecule has 0 aliphatic rings. The number of ether oxygens (including phenoxy) is 1. The van der Waals surface area contributed by atoms with Gasteiger partial charge in [0.05, 0.1) is 11.8 Å². The van der Waals surface area contributed by atoms with Crippen molar-refractivity contribution < 1.29 is 23.2 Å². The molecule has 0 fully saturated rings. The van der Waals surface area contributed by atoms with Crippen LogP contribution in [0, 0.1) is 13.8 Å². The first-order valence-electron chi connectivity index (χ1n) is 9.57.